The van der Waals surface area contributed by atoms with Gasteiger partial charge in [0.2, 0.25) is 0 Å². The van der Waals surface area contributed by atoms with Crippen molar-refractivity contribution < 1.29 is 40.7 Å². The second-order valence-corrected chi connectivity index (χ2v) is 9.55. The van der Waals surface area contributed by atoms with Gasteiger partial charge in [-0.3, -0.25) is 4.55 Å². The molecule has 1 aliphatic rings. The number of phenols is 1. The number of aryl methyl sites for hydroxylation is 1. The fraction of sp³-hybridized carbons (Fsp3) is 0.280. The molecule has 36 heavy (non-hydrogen) atoms. The normalized spacial score (nSPS) is 14.5. The molecule has 194 valence electrons. The van der Waals surface area contributed by atoms with E-state index < -0.39 is 16.5 Å². The van der Waals surface area contributed by atoms with E-state index in [1.807, 2.05) is 19.1 Å². The third kappa shape index (κ3) is 8.65. The first-order valence-electron chi connectivity index (χ1n) is 11.0. The Morgan fingerprint density at radius 2 is 1.39 bits per heavy atom. The Labute approximate surface area is 207 Å². The number of aromatic hydroxyl groups is 1. The molecule has 0 spiro atoms. The number of anilines is 1. The number of alkyl halides is 3. The van der Waals surface area contributed by atoms with Gasteiger partial charge in [0, 0.05) is 31.6 Å². The Bertz CT molecular complexity index is 1210. The zero-order valence-electron chi connectivity index (χ0n) is 19.4. The SMILES string of the molecule is Cc1ccc(S(=O)(=O)O)cc1.Oc1ccc(N2CCC(Oc3ccc(OC(F)(F)F)cc3)CC2)cc1. The van der Waals surface area contributed by atoms with Gasteiger partial charge in [-0.05, 0) is 67.6 Å². The van der Waals surface area contributed by atoms with Gasteiger partial charge in [-0.1, -0.05) is 17.7 Å². The minimum Gasteiger partial charge on any atom is -0.508 e. The fourth-order valence-corrected chi connectivity index (χ4v) is 4.00. The second-order valence-electron chi connectivity index (χ2n) is 8.13. The highest BCUT2D eigenvalue weighted by Crippen LogP contribution is 2.27. The average molecular weight is 526 g/mol. The Hall–Kier alpha value is -3.44. The number of hydrogen-bond acceptors (Lipinski definition) is 6. The summed E-state index contributed by atoms with van der Waals surface area (Å²) in [6.45, 7) is 3.46. The molecule has 0 aliphatic carbocycles. The standard InChI is InChI=1S/C18H18F3NO3.C7H8O3S/c19-18(20,21)25-17-7-5-15(6-8-17)24-16-9-11-22(12-10-16)13-1-3-14(23)4-2-13;1-6-2-4-7(5-3-6)11(8,9)10/h1-8,16,23H,9-12H2;2-5H,1H3,(H,8,9,10). The van der Waals surface area contributed by atoms with E-state index in [0.29, 0.717) is 5.75 Å². The highest BCUT2D eigenvalue weighted by Gasteiger charge is 2.31. The number of piperidine rings is 1. The maximum atomic E-state index is 12.1. The van der Waals surface area contributed by atoms with Crippen molar-refractivity contribution in [1.82, 2.24) is 0 Å². The van der Waals surface area contributed by atoms with Gasteiger partial charge in [-0.2, -0.15) is 8.42 Å². The van der Waals surface area contributed by atoms with Crippen LogP contribution in [0.2, 0.25) is 0 Å². The molecule has 1 aliphatic heterocycles. The molecule has 7 nitrogen and oxygen atoms in total. The molecular formula is C25H26F3NO6S. The number of rotatable bonds is 5. The Balaban J connectivity index is 0.000000275. The van der Waals surface area contributed by atoms with Crippen LogP contribution >= 0.6 is 0 Å². The summed E-state index contributed by atoms with van der Waals surface area (Å²) in [5.74, 6) is 0.500. The lowest BCUT2D eigenvalue weighted by Crippen LogP contribution is -2.38. The number of nitrogens with zero attached hydrogens (tertiary/aromatic N) is 1. The van der Waals surface area contributed by atoms with Gasteiger partial charge >= 0.3 is 6.36 Å². The molecule has 11 heteroatoms. The van der Waals surface area contributed by atoms with Crippen LogP contribution in [-0.4, -0.2) is 43.6 Å². The summed E-state index contributed by atoms with van der Waals surface area (Å²) in [5, 5.41) is 9.33. The van der Waals surface area contributed by atoms with E-state index in [1.165, 1.54) is 36.4 Å². The molecule has 3 aromatic rings. The second kappa shape index (κ2) is 11.5. The molecule has 1 fully saturated rings. The minimum atomic E-state index is -4.69. The third-order valence-corrected chi connectivity index (χ3v) is 6.20. The maximum absolute atomic E-state index is 12.1. The zero-order valence-corrected chi connectivity index (χ0v) is 20.2. The van der Waals surface area contributed by atoms with Gasteiger partial charge < -0.3 is 19.5 Å². The summed E-state index contributed by atoms with van der Waals surface area (Å²) < 4.78 is 75.7. The Morgan fingerprint density at radius 1 is 0.861 bits per heavy atom. The van der Waals surface area contributed by atoms with Crippen molar-refractivity contribution in [3.05, 3.63) is 78.4 Å². The van der Waals surface area contributed by atoms with Crippen LogP contribution in [0.25, 0.3) is 0 Å². The Morgan fingerprint density at radius 3 is 1.89 bits per heavy atom. The molecule has 0 amide bonds. The van der Waals surface area contributed by atoms with Crippen molar-refractivity contribution in [2.45, 2.75) is 37.1 Å². The molecule has 0 bridgehead atoms. The third-order valence-electron chi connectivity index (χ3n) is 5.34. The lowest BCUT2D eigenvalue weighted by atomic mass is 10.1. The first-order chi connectivity index (χ1) is 16.9. The first-order valence-corrected chi connectivity index (χ1v) is 12.4. The van der Waals surface area contributed by atoms with Gasteiger partial charge in [0.25, 0.3) is 10.1 Å². The first kappa shape index (κ1) is 27.2. The van der Waals surface area contributed by atoms with Crippen LogP contribution in [-0.2, 0) is 10.1 Å². The lowest BCUT2D eigenvalue weighted by molar-refractivity contribution is -0.274. The molecule has 0 unspecified atom stereocenters. The highest BCUT2D eigenvalue weighted by molar-refractivity contribution is 7.85. The van der Waals surface area contributed by atoms with Crippen LogP contribution in [0, 0.1) is 6.92 Å². The summed E-state index contributed by atoms with van der Waals surface area (Å²) in [5.41, 5.74) is 2.00. The zero-order chi connectivity index (χ0) is 26.3. The van der Waals surface area contributed by atoms with Crippen LogP contribution in [0.4, 0.5) is 18.9 Å². The van der Waals surface area contributed by atoms with E-state index in [1.54, 1.807) is 24.3 Å². The topological polar surface area (TPSA) is 96.3 Å². The van der Waals surface area contributed by atoms with Crippen LogP contribution < -0.4 is 14.4 Å². The summed E-state index contributed by atoms with van der Waals surface area (Å²) in [6, 6.07) is 18.5. The predicted molar refractivity (Wildman–Crippen MR) is 128 cm³/mol. The van der Waals surface area contributed by atoms with Gasteiger partial charge in [-0.15, -0.1) is 13.2 Å². The van der Waals surface area contributed by atoms with Crippen LogP contribution in [0.1, 0.15) is 18.4 Å². The van der Waals surface area contributed by atoms with Crippen molar-refractivity contribution >= 4 is 15.8 Å². The molecule has 0 radical (unpaired) electrons. The van der Waals surface area contributed by atoms with E-state index in [0.717, 1.165) is 37.2 Å². The van der Waals surface area contributed by atoms with Crippen molar-refractivity contribution in [2.24, 2.45) is 0 Å². The molecule has 0 aromatic heterocycles. The molecule has 4 rings (SSSR count). The van der Waals surface area contributed by atoms with Gasteiger partial charge in [-0.25, -0.2) is 0 Å². The molecule has 0 saturated carbocycles. The lowest BCUT2D eigenvalue weighted by Gasteiger charge is -2.33. The molecule has 1 saturated heterocycles. The van der Waals surface area contributed by atoms with E-state index in [2.05, 4.69) is 9.64 Å². The fourth-order valence-electron chi connectivity index (χ4n) is 3.52. The van der Waals surface area contributed by atoms with Crippen molar-refractivity contribution in [3.63, 3.8) is 0 Å². The quantitative estimate of drug-likeness (QED) is 0.420. The highest BCUT2D eigenvalue weighted by atomic mass is 32.2. The summed E-state index contributed by atoms with van der Waals surface area (Å²) in [4.78, 5) is 2.14. The van der Waals surface area contributed by atoms with Crippen molar-refractivity contribution in [1.29, 1.82) is 0 Å². The van der Waals surface area contributed by atoms with E-state index in [-0.39, 0.29) is 22.5 Å². The molecular weight excluding hydrogens is 499 g/mol. The number of halogens is 3. The number of hydrogen-bond donors (Lipinski definition) is 2. The van der Waals surface area contributed by atoms with E-state index in [9.17, 15) is 26.7 Å². The maximum Gasteiger partial charge on any atom is 0.573 e. The Kier molecular flexibility index (Phi) is 8.70. The summed E-state index contributed by atoms with van der Waals surface area (Å²) in [7, 11) is -4.02. The molecule has 3 aromatic carbocycles. The molecule has 2 N–H and O–H groups in total. The van der Waals surface area contributed by atoms with Gasteiger partial charge in [0.15, 0.2) is 0 Å². The van der Waals surface area contributed by atoms with Crippen molar-refractivity contribution in [3.8, 4) is 17.2 Å². The summed E-state index contributed by atoms with van der Waals surface area (Å²) >= 11 is 0. The molecule has 0 atom stereocenters. The number of benzene rings is 3. The molecule has 1 heterocycles. The minimum absolute atomic E-state index is 0.0164. The van der Waals surface area contributed by atoms with E-state index in [4.69, 9.17) is 9.29 Å². The smallest absolute Gasteiger partial charge is 0.508 e. The van der Waals surface area contributed by atoms with Crippen LogP contribution in [0.15, 0.2) is 77.7 Å². The van der Waals surface area contributed by atoms with E-state index >= 15 is 0 Å². The van der Waals surface area contributed by atoms with Crippen LogP contribution in [0.5, 0.6) is 17.2 Å². The monoisotopic (exact) mass is 525 g/mol. The van der Waals surface area contributed by atoms with Crippen LogP contribution in [0.3, 0.4) is 0 Å². The van der Waals surface area contributed by atoms with Gasteiger partial charge in [0.1, 0.15) is 23.4 Å². The van der Waals surface area contributed by atoms with Gasteiger partial charge in [0.05, 0.1) is 4.90 Å². The largest absolute Gasteiger partial charge is 0.573 e. The average Bonchev–Trinajstić information content (AvgIpc) is 2.81. The number of ether oxygens (including phenoxy) is 2. The predicted octanol–water partition coefficient (Wildman–Crippen LogP) is 5.58. The van der Waals surface area contributed by atoms with Crippen molar-refractivity contribution in [2.75, 3.05) is 18.0 Å². The summed E-state index contributed by atoms with van der Waals surface area (Å²) in [6.07, 6.45) is -3.06. The number of phenolic OH excluding ortho intramolecular Hbond substituents is 1.